The highest BCUT2D eigenvalue weighted by Crippen LogP contribution is 2.18. The number of carbonyl (C=O) groups excluding carboxylic acids is 1. The molecule has 0 saturated carbocycles. The summed E-state index contributed by atoms with van der Waals surface area (Å²) in [5, 5.41) is 0. The lowest BCUT2D eigenvalue weighted by atomic mass is 9.91. The van der Waals surface area contributed by atoms with Crippen LogP contribution in [-0.2, 0) is 0 Å². The average Bonchev–Trinajstić information content (AvgIpc) is 2.30. The second-order valence-corrected chi connectivity index (χ2v) is 3.89. The third-order valence-corrected chi connectivity index (χ3v) is 2.65. The van der Waals surface area contributed by atoms with E-state index in [4.69, 9.17) is 0 Å². The molecule has 0 fully saturated rings. The van der Waals surface area contributed by atoms with Crippen molar-refractivity contribution in [3.05, 3.63) is 59.7 Å². The number of rotatable bonds is 2. The fraction of sp³-hybridized carbons (Fsp3) is 0.214. The number of ketones is 1. The predicted molar refractivity (Wildman–Crippen MR) is 61.9 cm³/mol. The molecule has 0 bridgehead atoms. The van der Waals surface area contributed by atoms with Crippen LogP contribution in [0.25, 0.3) is 0 Å². The number of Topliss-reactive ketones (excluding diaryl/α,β-unsaturated/α-hetero) is 1. The number of carbonyl (C=O) groups is 1. The van der Waals surface area contributed by atoms with Crippen LogP contribution in [0.3, 0.4) is 0 Å². The minimum Gasteiger partial charge on any atom is -0.294 e. The number of aryl methyl sites for hydroxylation is 1. The van der Waals surface area contributed by atoms with Gasteiger partial charge in [-0.15, -0.1) is 0 Å². The molecule has 1 aliphatic carbocycles. The molecule has 1 aliphatic rings. The number of benzene rings is 1. The van der Waals surface area contributed by atoms with Gasteiger partial charge in [-0.05, 0) is 13.3 Å². The summed E-state index contributed by atoms with van der Waals surface area (Å²) in [6, 6.07) is 7.78. The zero-order valence-corrected chi connectivity index (χ0v) is 8.81. The average molecular weight is 198 g/mol. The van der Waals surface area contributed by atoms with E-state index in [-0.39, 0.29) is 11.7 Å². The van der Waals surface area contributed by atoms with Crippen molar-refractivity contribution in [2.45, 2.75) is 13.3 Å². The summed E-state index contributed by atoms with van der Waals surface area (Å²) in [6.45, 7) is 2.03. The number of hydrogen-bond acceptors (Lipinski definition) is 1. The summed E-state index contributed by atoms with van der Waals surface area (Å²) >= 11 is 0. The molecule has 1 heteroatoms. The lowest BCUT2D eigenvalue weighted by Gasteiger charge is -2.11. The Morgan fingerprint density at radius 3 is 2.53 bits per heavy atom. The van der Waals surface area contributed by atoms with E-state index in [1.54, 1.807) is 0 Å². The van der Waals surface area contributed by atoms with E-state index in [9.17, 15) is 4.79 Å². The topological polar surface area (TPSA) is 17.1 Å². The fourth-order valence-electron chi connectivity index (χ4n) is 1.71. The zero-order valence-electron chi connectivity index (χ0n) is 8.81. The van der Waals surface area contributed by atoms with Gasteiger partial charge < -0.3 is 0 Å². The van der Waals surface area contributed by atoms with Gasteiger partial charge in [-0.1, -0.05) is 54.1 Å². The van der Waals surface area contributed by atoms with Gasteiger partial charge >= 0.3 is 0 Å². The summed E-state index contributed by atoms with van der Waals surface area (Å²) in [4.78, 5) is 12.0. The standard InChI is InChI=1S/C14H14O/c1-11-7-9-13(10-8-11)14(15)12-5-3-2-4-6-12/h2-5,7-10,12H,6H2,1H3. The van der Waals surface area contributed by atoms with Crippen molar-refractivity contribution in [1.82, 2.24) is 0 Å². The Morgan fingerprint density at radius 2 is 1.93 bits per heavy atom. The highest BCUT2D eigenvalue weighted by molar-refractivity contribution is 5.99. The van der Waals surface area contributed by atoms with Crippen LogP contribution in [0.4, 0.5) is 0 Å². The third kappa shape index (κ3) is 2.24. The van der Waals surface area contributed by atoms with Gasteiger partial charge in [0.25, 0.3) is 0 Å². The molecule has 76 valence electrons. The van der Waals surface area contributed by atoms with Crippen LogP contribution in [0.2, 0.25) is 0 Å². The first-order valence-electron chi connectivity index (χ1n) is 5.21. The lowest BCUT2D eigenvalue weighted by molar-refractivity contribution is 0.0945. The molecule has 1 aromatic rings. The Morgan fingerprint density at radius 1 is 1.20 bits per heavy atom. The fourth-order valence-corrected chi connectivity index (χ4v) is 1.71. The molecule has 0 saturated heterocycles. The zero-order chi connectivity index (χ0) is 10.7. The second-order valence-electron chi connectivity index (χ2n) is 3.89. The maximum atomic E-state index is 12.0. The molecule has 0 heterocycles. The molecular weight excluding hydrogens is 184 g/mol. The highest BCUT2D eigenvalue weighted by atomic mass is 16.1. The van der Waals surface area contributed by atoms with Gasteiger partial charge in [0.2, 0.25) is 0 Å². The van der Waals surface area contributed by atoms with Crippen molar-refractivity contribution in [2.75, 3.05) is 0 Å². The Bertz CT molecular complexity index is 409. The molecule has 1 unspecified atom stereocenters. The van der Waals surface area contributed by atoms with E-state index >= 15 is 0 Å². The van der Waals surface area contributed by atoms with E-state index < -0.39 is 0 Å². The molecular formula is C14H14O. The number of hydrogen-bond donors (Lipinski definition) is 0. The van der Waals surface area contributed by atoms with Crippen molar-refractivity contribution in [2.24, 2.45) is 5.92 Å². The summed E-state index contributed by atoms with van der Waals surface area (Å²) in [5.41, 5.74) is 2.00. The number of allylic oxidation sites excluding steroid dienone is 4. The van der Waals surface area contributed by atoms with Crippen molar-refractivity contribution in [3.63, 3.8) is 0 Å². The maximum Gasteiger partial charge on any atom is 0.170 e. The van der Waals surface area contributed by atoms with Crippen LogP contribution in [-0.4, -0.2) is 5.78 Å². The molecule has 0 radical (unpaired) electrons. The van der Waals surface area contributed by atoms with Crippen molar-refractivity contribution in [3.8, 4) is 0 Å². The Balaban J connectivity index is 2.17. The van der Waals surface area contributed by atoms with Crippen LogP contribution in [0.15, 0.2) is 48.6 Å². The van der Waals surface area contributed by atoms with Crippen molar-refractivity contribution >= 4 is 5.78 Å². The molecule has 0 amide bonds. The van der Waals surface area contributed by atoms with Crippen LogP contribution >= 0.6 is 0 Å². The highest BCUT2D eigenvalue weighted by Gasteiger charge is 2.16. The largest absolute Gasteiger partial charge is 0.294 e. The predicted octanol–water partition coefficient (Wildman–Crippen LogP) is 3.31. The minimum absolute atomic E-state index is 0.0257. The lowest BCUT2D eigenvalue weighted by Crippen LogP contribution is -2.12. The second kappa shape index (κ2) is 4.26. The van der Waals surface area contributed by atoms with E-state index in [0.29, 0.717) is 0 Å². The van der Waals surface area contributed by atoms with Crippen molar-refractivity contribution < 1.29 is 4.79 Å². The molecule has 1 nitrogen and oxygen atoms in total. The Labute approximate surface area is 90.1 Å². The summed E-state index contributed by atoms with van der Waals surface area (Å²) < 4.78 is 0. The normalized spacial score (nSPS) is 19.1. The molecule has 0 aromatic heterocycles. The van der Waals surface area contributed by atoms with Gasteiger partial charge in [-0.25, -0.2) is 0 Å². The SMILES string of the molecule is Cc1ccc(C(=O)C2C=CC=CC2)cc1. The Kier molecular flexibility index (Phi) is 2.82. The van der Waals surface area contributed by atoms with Gasteiger partial charge in [-0.2, -0.15) is 0 Å². The van der Waals surface area contributed by atoms with Crippen LogP contribution in [0.5, 0.6) is 0 Å². The first-order valence-corrected chi connectivity index (χ1v) is 5.21. The Hall–Kier alpha value is -1.63. The monoisotopic (exact) mass is 198 g/mol. The molecule has 15 heavy (non-hydrogen) atoms. The van der Waals surface area contributed by atoms with Gasteiger partial charge in [0.1, 0.15) is 0 Å². The molecule has 0 N–H and O–H groups in total. The quantitative estimate of drug-likeness (QED) is 0.666. The van der Waals surface area contributed by atoms with E-state index in [1.165, 1.54) is 5.56 Å². The molecule has 0 spiro atoms. The molecule has 1 atom stereocenters. The first kappa shape index (κ1) is 9.91. The van der Waals surface area contributed by atoms with Gasteiger partial charge in [0, 0.05) is 11.5 Å². The molecule has 0 aliphatic heterocycles. The van der Waals surface area contributed by atoms with Crippen LogP contribution < -0.4 is 0 Å². The van der Waals surface area contributed by atoms with E-state index in [0.717, 1.165) is 12.0 Å². The summed E-state index contributed by atoms with van der Waals surface area (Å²) in [6.07, 6.45) is 8.77. The summed E-state index contributed by atoms with van der Waals surface area (Å²) in [7, 11) is 0. The van der Waals surface area contributed by atoms with Gasteiger partial charge in [0.15, 0.2) is 5.78 Å². The van der Waals surface area contributed by atoms with E-state index in [2.05, 4.69) is 0 Å². The van der Waals surface area contributed by atoms with Gasteiger partial charge in [0.05, 0.1) is 0 Å². The molecule has 2 rings (SSSR count). The van der Waals surface area contributed by atoms with Crippen molar-refractivity contribution in [1.29, 1.82) is 0 Å². The van der Waals surface area contributed by atoms with E-state index in [1.807, 2.05) is 55.5 Å². The van der Waals surface area contributed by atoms with Crippen LogP contribution in [0.1, 0.15) is 22.3 Å². The van der Waals surface area contributed by atoms with Gasteiger partial charge in [-0.3, -0.25) is 4.79 Å². The maximum absolute atomic E-state index is 12.0. The molecule has 1 aromatic carbocycles. The summed E-state index contributed by atoms with van der Waals surface area (Å²) in [5.74, 6) is 0.244. The minimum atomic E-state index is 0.0257. The third-order valence-electron chi connectivity index (χ3n) is 2.65. The first-order chi connectivity index (χ1) is 7.27. The smallest absolute Gasteiger partial charge is 0.170 e. The van der Waals surface area contributed by atoms with Crippen LogP contribution in [0, 0.1) is 12.8 Å².